The van der Waals surface area contributed by atoms with Crippen LogP contribution in [0.2, 0.25) is 0 Å². The molecule has 1 atom stereocenters. The van der Waals surface area contributed by atoms with Crippen LogP contribution in [0.5, 0.6) is 0 Å². The van der Waals surface area contributed by atoms with E-state index in [-0.39, 0.29) is 11.9 Å². The van der Waals surface area contributed by atoms with E-state index < -0.39 is 0 Å². The van der Waals surface area contributed by atoms with Gasteiger partial charge in [0.2, 0.25) is 5.91 Å². The molecule has 18 heavy (non-hydrogen) atoms. The fourth-order valence-electron chi connectivity index (χ4n) is 2.95. The maximum Gasteiger partial charge on any atom is 0.240 e. The number of carbonyl (C=O) groups excluding carboxylic acids is 1. The topological polar surface area (TPSA) is 46.3 Å². The van der Waals surface area contributed by atoms with Gasteiger partial charge in [0.1, 0.15) is 0 Å². The fourth-order valence-corrected chi connectivity index (χ4v) is 2.95. The summed E-state index contributed by atoms with van der Waals surface area (Å²) in [4.78, 5) is 14.4. The highest BCUT2D eigenvalue weighted by molar-refractivity contribution is 5.82. The Kier molecular flexibility index (Phi) is 4.81. The molecule has 0 aromatic rings. The molecule has 0 aromatic heterocycles. The molecular formula is C15H26N2O. The smallest absolute Gasteiger partial charge is 0.240 e. The van der Waals surface area contributed by atoms with Crippen LogP contribution in [0.15, 0.2) is 12.7 Å². The van der Waals surface area contributed by atoms with E-state index in [4.69, 9.17) is 5.73 Å². The third kappa shape index (κ3) is 3.58. The first-order chi connectivity index (χ1) is 8.72. The van der Waals surface area contributed by atoms with E-state index in [1.54, 1.807) is 6.08 Å². The summed E-state index contributed by atoms with van der Waals surface area (Å²) in [6, 6.07) is 0.0991. The molecule has 2 N–H and O–H groups in total. The Bertz CT molecular complexity index is 293. The number of rotatable bonds is 6. The van der Waals surface area contributed by atoms with E-state index >= 15 is 0 Å². The minimum Gasteiger partial charge on any atom is -0.338 e. The fraction of sp³-hybridized carbons (Fsp3) is 0.800. The molecular weight excluding hydrogens is 224 g/mol. The van der Waals surface area contributed by atoms with Crippen LogP contribution in [-0.4, -0.2) is 29.4 Å². The molecule has 1 amide bonds. The van der Waals surface area contributed by atoms with E-state index in [0.29, 0.717) is 18.4 Å². The first-order valence-corrected chi connectivity index (χ1v) is 7.39. The maximum absolute atomic E-state index is 12.3. The van der Waals surface area contributed by atoms with Crippen molar-refractivity contribution in [3.05, 3.63) is 12.7 Å². The monoisotopic (exact) mass is 250 g/mol. The summed E-state index contributed by atoms with van der Waals surface area (Å²) in [7, 11) is 0. The number of hydrogen-bond acceptors (Lipinski definition) is 2. The summed E-state index contributed by atoms with van der Waals surface area (Å²) in [5.74, 6) is 0.849. The number of amides is 1. The van der Waals surface area contributed by atoms with Gasteiger partial charge in [-0.1, -0.05) is 25.3 Å². The van der Waals surface area contributed by atoms with Crippen molar-refractivity contribution in [2.24, 2.45) is 11.7 Å². The van der Waals surface area contributed by atoms with E-state index in [1.807, 2.05) is 0 Å². The SMILES string of the molecule is C=CCC(N)C(=O)N(CC1CCCCC1)C1CC1. The van der Waals surface area contributed by atoms with Gasteiger partial charge in [0.25, 0.3) is 0 Å². The maximum atomic E-state index is 12.3. The van der Waals surface area contributed by atoms with E-state index in [1.165, 1.54) is 44.9 Å². The van der Waals surface area contributed by atoms with Crippen molar-refractivity contribution >= 4 is 5.91 Å². The molecule has 1 unspecified atom stereocenters. The van der Waals surface area contributed by atoms with E-state index in [0.717, 1.165) is 6.54 Å². The summed E-state index contributed by atoms with van der Waals surface area (Å²) in [6.45, 7) is 4.61. The van der Waals surface area contributed by atoms with Gasteiger partial charge in [-0.2, -0.15) is 0 Å². The third-order valence-corrected chi connectivity index (χ3v) is 4.19. The van der Waals surface area contributed by atoms with Crippen molar-refractivity contribution in [1.29, 1.82) is 0 Å². The average molecular weight is 250 g/mol. The molecule has 3 heteroatoms. The van der Waals surface area contributed by atoms with Crippen LogP contribution in [0.1, 0.15) is 51.4 Å². The van der Waals surface area contributed by atoms with Gasteiger partial charge in [0, 0.05) is 12.6 Å². The van der Waals surface area contributed by atoms with Gasteiger partial charge in [-0.3, -0.25) is 4.79 Å². The lowest BCUT2D eigenvalue weighted by molar-refractivity contribution is -0.134. The highest BCUT2D eigenvalue weighted by atomic mass is 16.2. The van der Waals surface area contributed by atoms with Gasteiger partial charge in [0.15, 0.2) is 0 Å². The van der Waals surface area contributed by atoms with Gasteiger partial charge < -0.3 is 10.6 Å². The quantitative estimate of drug-likeness (QED) is 0.736. The Morgan fingerprint density at radius 2 is 1.94 bits per heavy atom. The highest BCUT2D eigenvalue weighted by Gasteiger charge is 2.35. The molecule has 0 radical (unpaired) electrons. The van der Waals surface area contributed by atoms with Crippen molar-refractivity contribution in [1.82, 2.24) is 4.90 Å². The summed E-state index contributed by atoms with van der Waals surface area (Å²) < 4.78 is 0. The highest BCUT2D eigenvalue weighted by Crippen LogP contribution is 2.31. The van der Waals surface area contributed by atoms with Gasteiger partial charge in [-0.05, 0) is 38.0 Å². The number of nitrogens with zero attached hydrogens (tertiary/aromatic N) is 1. The van der Waals surface area contributed by atoms with Crippen LogP contribution >= 0.6 is 0 Å². The molecule has 102 valence electrons. The molecule has 2 aliphatic rings. The zero-order chi connectivity index (χ0) is 13.0. The van der Waals surface area contributed by atoms with Gasteiger partial charge >= 0.3 is 0 Å². The van der Waals surface area contributed by atoms with Gasteiger partial charge in [0.05, 0.1) is 6.04 Å². The molecule has 2 aliphatic carbocycles. The number of carbonyl (C=O) groups is 1. The molecule has 0 aromatic carbocycles. The normalized spacial score (nSPS) is 22.5. The Morgan fingerprint density at radius 3 is 2.50 bits per heavy atom. The first-order valence-electron chi connectivity index (χ1n) is 7.39. The van der Waals surface area contributed by atoms with Crippen molar-refractivity contribution in [2.45, 2.75) is 63.5 Å². The van der Waals surface area contributed by atoms with Crippen LogP contribution in [0.3, 0.4) is 0 Å². The second-order valence-corrected chi connectivity index (χ2v) is 5.86. The number of hydrogen-bond donors (Lipinski definition) is 1. The lowest BCUT2D eigenvalue weighted by Crippen LogP contribution is -2.46. The molecule has 2 fully saturated rings. The second-order valence-electron chi connectivity index (χ2n) is 5.86. The molecule has 2 rings (SSSR count). The van der Waals surface area contributed by atoms with Crippen LogP contribution in [0, 0.1) is 5.92 Å². The molecule has 0 bridgehead atoms. The van der Waals surface area contributed by atoms with Crippen molar-refractivity contribution < 1.29 is 4.79 Å². The second kappa shape index (κ2) is 6.37. The molecule has 0 heterocycles. The molecule has 0 spiro atoms. The standard InChI is InChI=1S/C15H26N2O/c1-2-6-14(16)15(18)17(13-9-10-13)11-12-7-4-3-5-8-12/h2,12-14H,1,3-11,16H2. The lowest BCUT2D eigenvalue weighted by Gasteiger charge is -2.31. The van der Waals surface area contributed by atoms with Crippen molar-refractivity contribution in [3.63, 3.8) is 0 Å². The molecule has 0 aliphatic heterocycles. The predicted octanol–water partition coefficient (Wildman–Crippen LogP) is 2.46. The third-order valence-electron chi connectivity index (χ3n) is 4.19. The van der Waals surface area contributed by atoms with Gasteiger partial charge in [-0.15, -0.1) is 6.58 Å². The Hall–Kier alpha value is -0.830. The lowest BCUT2D eigenvalue weighted by atomic mass is 9.88. The first kappa shape index (κ1) is 13.6. The van der Waals surface area contributed by atoms with Crippen LogP contribution in [0.25, 0.3) is 0 Å². The van der Waals surface area contributed by atoms with Crippen LogP contribution in [-0.2, 0) is 4.79 Å². The Balaban J connectivity index is 1.90. The molecule has 3 nitrogen and oxygen atoms in total. The Labute approximate surface area is 110 Å². The minimum absolute atomic E-state index is 0.142. The van der Waals surface area contributed by atoms with Crippen molar-refractivity contribution in [2.75, 3.05) is 6.54 Å². The average Bonchev–Trinajstić information content (AvgIpc) is 3.21. The van der Waals surface area contributed by atoms with Gasteiger partial charge in [-0.25, -0.2) is 0 Å². The zero-order valence-electron chi connectivity index (χ0n) is 11.3. The summed E-state index contributed by atoms with van der Waals surface area (Å²) in [6.07, 6.45) is 11.3. The predicted molar refractivity (Wildman–Crippen MR) is 74.1 cm³/mol. The summed E-state index contributed by atoms with van der Waals surface area (Å²) in [5, 5.41) is 0. The summed E-state index contributed by atoms with van der Waals surface area (Å²) in [5.41, 5.74) is 5.94. The van der Waals surface area contributed by atoms with Crippen molar-refractivity contribution in [3.8, 4) is 0 Å². The van der Waals surface area contributed by atoms with E-state index in [2.05, 4.69) is 11.5 Å². The van der Waals surface area contributed by atoms with Crippen LogP contribution in [0.4, 0.5) is 0 Å². The van der Waals surface area contributed by atoms with E-state index in [9.17, 15) is 4.79 Å². The molecule has 2 saturated carbocycles. The Morgan fingerprint density at radius 1 is 1.28 bits per heavy atom. The largest absolute Gasteiger partial charge is 0.338 e. The number of nitrogens with two attached hydrogens (primary N) is 1. The zero-order valence-corrected chi connectivity index (χ0v) is 11.3. The van der Waals surface area contributed by atoms with Crippen LogP contribution < -0.4 is 5.73 Å². The summed E-state index contributed by atoms with van der Waals surface area (Å²) >= 11 is 0. The minimum atomic E-state index is -0.383. The molecule has 0 saturated heterocycles.